The molecule has 0 N–H and O–H groups in total. The second-order valence-corrected chi connectivity index (χ2v) is 3.22. The summed E-state index contributed by atoms with van der Waals surface area (Å²) >= 11 is 0. The summed E-state index contributed by atoms with van der Waals surface area (Å²) in [6.07, 6.45) is 5.33. The summed E-state index contributed by atoms with van der Waals surface area (Å²) in [7, 11) is 0. The summed E-state index contributed by atoms with van der Waals surface area (Å²) in [6, 6.07) is 0. The van der Waals surface area contributed by atoms with E-state index in [4.69, 9.17) is 4.74 Å². The van der Waals surface area contributed by atoms with E-state index < -0.39 is 0 Å². The number of carbonyl (C=O) groups is 1. The predicted octanol–water partition coefficient (Wildman–Crippen LogP) is 2.09. The van der Waals surface area contributed by atoms with Gasteiger partial charge < -0.3 is 4.74 Å². The van der Waals surface area contributed by atoms with E-state index in [1.807, 2.05) is 0 Å². The Morgan fingerprint density at radius 3 is 2.45 bits per heavy atom. The molecule has 0 aromatic carbocycles. The van der Waals surface area contributed by atoms with Crippen molar-refractivity contribution in [2.75, 3.05) is 0 Å². The molecule has 0 amide bonds. The lowest BCUT2D eigenvalue weighted by Crippen LogP contribution is -2.30. The number of hydrogen-bond donors (Lipinski definition) is 0. The first-order valence-corrected chi connectivity index (χ1v) is 4.23. The zero-order chi connectivity index (χ0) is 8.32. The van der Waals surface area contributed by atoms with Crippen molar-refractivity contribution < 1.29 is 9.53 Å². The van der Waals surface area contributed by atoms with Gasteiger partial charge in [0.1, 0.15) is 5.60 Å². The second kappa shape index (κ2) is 3.24. The second-order valence-electron chi connectivity index (χ2n) is 3.22. The molecule has 0 aromatic rings. The zero-order valence-corrected chi connectivity index (χ0v) is 7.06. The molecule has 1 aliphatic carbocycles. The van der Waals surface area contributed by atoms with Crippen LogP contribution in [0.4, 0.5) is 0 Å². The average molecular weight is 155 g/mol. The van der Waals surface area contributed by atoms with Gasteiger partial charge in [0.25, 0.3) is 0 Å². The van der Waals surface area contributed by atoms with E-state index in [1.165, 1.54) is 12.8 Å². The molecule has 0 heterocycles. The van der Waals surface area contributed by atoms with Crippen LogP contribution in [0.2, 0.25) is 0 Å². The van der Waals surface area contributed by atoms with Crippen LogP contribution in [0.3, 0.4) is 0 Å². The first-order valence-electron chi connectivity index (χ1n) is 4.23. The lowest BCUT2D eigenvalue weighted by atomic mass is 9.99. The molecule has 0 bridgehead atoms. The monoisotopic (exact) mass is 155 g/mol. The van der Waals surface area contributed by atoms with Crippen LogP contribution < -0.4 is 0 Å². The van der Waals surface area contributed by atoms with Crippen LogP contribution in [0.5, 0.6) is 0 Å². The Morgan fingerprint density at radius 1 is 1.55 bits per heavy atom. The van der Waals surface area contributed by atoms with E-state index in [0.29, 0.717) is 0 Å². The fourth-order valence-corrected chi connectivity index (χ4v) is 1.79. The van der Waals surface area contributed by atoms with Gasteiger partial charge in [-0.25, -0.2) is 0 Å². The Morgan fingerprint density at radius 2 is 2.09 bits per heavy atom. The van der Waals surface area contributed by atoms with Gasteiger partial charge in [0.2, 0.25) is 0 Å². The van der Waals surface area contributed by atoms with E-state index in [2.05, 4.69) is 13.8 Å². The summed E-state index contributed by atoms with van der Waals surface area (Å²) in [5.41, 5.74) is -0.154. The number of rotatable bonds is 2. The Balaban J connectivity index is 2.52. The van der Waals surface area contributed by atoms with Gasteiger partial charge in [0.05, 0.1) is 6.92 Å². The number of carbonyl (C=O) groups excluding carboxylic acids is 1. The van der Waals surface area contributed by atoms with Crippen molar-refractivity contribution in [1.29, 1.82) is 0 Å². The van der Waals surface area contributed by atoms with Crippen LogP contribution in [0, 0.1) is 6.92 Å². The first-order chi connectivity index (χ1) is 5.18. The highest BCUT2D eigenvalue weighted by Gasteiger charge is 2.34. The van der Waals surface area contributed by atoms with Crippen molar-refractivity contribution in [3.8, 4) is 0 Å². The molecule has 1 radical (unpaired) electrons. The van der Waals surface area contributed by atoms with Gasteiger partial charge >= 0.3 is 5.97 Å². The van der Waals surface area contributed by atoms with Crippen molar-refractivity contribution in [2.24, 2.45) is 0 Å². The summed E-state index contributed by atoms with van der Waals surface area (Å²) in [4.78, 5) is 10.6. The van der Waals surface area contributed by atoms with Crippen molar-refractivity contribution in [3.05, 3.63) is 6.92 Å². The maximum absolute atomic E-state index is 10.6. The molecule has 0 unspecified atom stereocenters. The fourth-order valence-electron chi connectivity index (χ4n) is 1.79. The minimum absolute atomic E-state index is 0.154. The molecule has 63 valence electrons. The van der Waals surface area contributed by atoms with Crippen LogP contribution in [-0.4, -0.2) is 11.6 Å². The van der Waals surface area contributed by atoms with Crippen molar-refractivity contribution >= 4 is 5.97 Å². The minimum Gasteiger partial charge on any atom is -0.459 e. The molecule has 11 heavy (non-hydrogen) atoms. The maximum atomic E-state index is 10.6. The van der Waals surface area contributed by atoms with E-state index >= 15 is 0 Å². The molecule has 2 heteroatoms. The van der Waals surface area contributed by atoms with Crippen LogP contribution in [0.1, 0.15) is 39.0 Å². The zero-order valence-electron chi connectivity index (χ0n) is 7.06. The van der Waals surface area contributed by atoms with E-state index in [9.17, 15) is 4.79 Å². The van der Waals surface area contributed by atoms with Gasteiger partial charge in [-0.05, 0) is 32.1 Å². The van der Waals surface area contributed by atoms with Gasteiger partial charge in [-0.2, -0.15) is 0 Å². The summed E-state index contributed by atoms with van der Waals surface area (Å²) in [5.74, 6) is -0.381. The van der Waals surface area contributed by atoms with E-state index in [1.54, 1.807) is 0 Å². The number of hydrogen-bond acceptors (Lipinski definition) is 2. The largest absolute Gasteiger partial charge is 0.459 e. The van der Waals surface area contributed by atoms with Gasteiger partial charge in [0, 0.05) is 0 Å². The van der Waals surface area contributed by atoms with Crippen LogP contribution in [-0.2, 0) is 9.53 Å². The SMILES string of the molecule is [CH2]C(=O)OC1(CC)CCCC1. The van der Waals surface area contributed by atoms with E-state index in [0.717, 1.165) is 19.3 Å². The molecule has 0 atom stereocenters. The van der Waals surface area contributed by atoms with Crippen LogP contribution >= 0.6 is 0 Å². The average Bonchev–Trinajstić information content (AvgIpc) is 2.36. The normalized spacial score (nSPS) is 21.6. The number of ether oxygens (including phenoxy) is 1. The Hall–Kier alpha value is -0.530. The lowest BCUT2D eigenvalue weighted by molar-refractivity contribution is -0.153. The van der Waals surface area contributed by atoms with Gasteiger partial charge in [-0.3, -0.25) is 4.79 Å². The highest BCUT2D eigenvalue weighted by molar-refractivity contribution is 5.74. The molecule has 1 saturated carbocycles. The van der Waals surface area contributed by atoms with Crippen molar-refractivity contribution in [2.45, 2.75) is 44.6 Å². The fraction of sp³-hybridized carbons (Fsp3) is 0.778. The third kappa shape index (κ3) is 1.95. The molecule has 1 rings (SSSR count). The molecule has 0 saturated heterocycles. The Labute approximate surface area is 67.9 Å². The van der Waals surface area contributed by atoms with Crippen molar-refractivity contribution in [3.63, 3.8) is 0 Å². The molecule has 0 spiro atoms. The molecule has 1 fully saturated rings. The van der Waals surface area contributed by atoms with Gasteiger partial charge in [0.15, 0.2) is 0 Å². The standard InChI is InChI=1S/C9H15O2/c1-3-9(11-8(2)10)6-4-5-7-9/h2-7H2,1H3. The molecule has 0 aromatic heterocycles. The van der Waals surface area contributed by atoms with E-state index in [-0.39, 0.29) is 11.6 Å². The van der Waals surface area contributed by atoms with Crippen LogP contribution in [0.25, 0.3) is 0 Å². The maximum Gasteiger partial charge on any atom is 0.306 e. The first kappa shape index (κ1) is 8.57. The Bertz CT molecular complexity index is 146. The van der Waals surface area contributed by atoms with Gasteiger partial charge in [-0.15, -0.1) is 0 Å². The molecule has 2 nitrogen and oxygen atoms in total. The van der Waals surface area contributed by atoms with Crippen LogP contribution in [0.15, 0.2) is 0 Å². The smallest absolute Gasteiger partial charge is 0.306 e. The molecule has 1 aliphatic rings. The quantitative estimate of drug-likeness (QED) is 0.571. The summed E-state index contributed by atoms with van der Waals surface area (Å²) < 4.78 is 5.20. The molecular weight excluding hydrogens is 140 g/mol. The topological polar surface area (TPSA) is 26.3 Å². The summed E-state index contributed by atoms with van der Waals surface area (Å²) in [6.45, 7) is 5.30. The highest BCUT2D eigenvalue weighted by atomic mass is 16.6. The minimum atomic E-state index is -0.381. The molecule has 0 aliphatic heterocycles. The third-order valence-corrected chi connectivity index (χ3v) is 2.49. The third-order valence-electron chi connectivity index (χ3n) is 2.49. The summed E-state index contributed by atoms with van der Waals surface area (Å²) in [5, 5.41) is 0. The number of esters is 1. The Kier molecular flexibility index (Phi) is 2.53. The molecular formula is C9H15O2. The van der Waals surface area contributed by atoms with Crippen molar-refractivity contribution in [1.82, 2.24) is 0 Å². The predicted molar refractivity (Wildman–Crippen MR) is 42.9 cm³/mol. The highest BCUT2D eigenvalue weighted by Crippen LogP contribution is 2.35. The van der Waals surface area contributed by atoms with Gasteiger partial charge in [-0.1, -0.05) is 6.92 Å². The lowest BCUT2D eigenvalue weighted by Gasteiger charge is -2.26.